The van der Waals surface area contributed by atoms with E-state index < -0.39 is 0 Å². The van der Waals surface area contributed by atoms with Gasteiger partial charge in [-0.15, -0.1) is 0 Å². The summed E-state index contributed by atoms with van der Waals surface area (Å²) in [5, 5.41) is 12.4. The largest absolute Gasteiger partial charge is 0.396 e. The lowest BCUT2D eigenvalue weighted by Gasteiger charge is -2.26. The minimum absolute atomic E-state index is 0.176. The Labute approximate surface area is 115 Å². The molecule has 1 aromatic rings. The Kier molecular flexibility index (Phi) is 4.75. The van der Waals surface area contributed by atoms with Crippen molar-refractivity contribution in [2.24, 2.45) is 5.41 Å². The SMILES string of the molecule is CC(C)(CCCO)CNc1ncnc2c1CCCC2. The van der Waals surface area contributed by atoms with E-state index in [1.165, 1.54) is 24.1 Å². The molecule has 0 radical (unpaired) electrons. The number of hydrogen-bond donors (Lipinski definition) is 2. The first-order valence-electron chi connectivity index (χ1n) is 7.30. The molecule has 106 valence electrons. The highest BCUT2D eigenvalue weighted by Gasteiger charge is 2.20. The smallest absolute Gasteiger partial charge is 0.132 e. The molecule has 0 saturated carbocycles. The van der Waals surface area contributed by atoms with E-state index in [9.17, 15) is 0 Å². The fourth-order valence-corrected chi connectivity index (χ4v) is 2.64. The number of fused-ring (bicyclic) bond motifs is 1. The molecule has 0 fully saturated rings. The summed E-state index contributed by atoms with van der Waals surface area (Å²) in [4.78, 5) is 8.79. The predicted molar refractivity (Wildman–Crippen MR) is 77.3 cm³/mol. The molecule has 0 bridgehead atoms. The quantitative estimate of drug-likeness (QED) is 0.828. The number of rotatable bonds is 6. The molecule has 4 nitrogen and oxygen atoms in total. The molecule has 19 heavy (non-hydrogen) atoms. The topological polar surface area (TPSA) is 58.0 Å². The highest BCUT2D eigenvalue weighted by Crippen LogP contribution is 2.27. The lowest BCUT2D eigenvalue weighted by atomic mass is 9.87. The third kappa shape index (κ3) is 3.90. The van der Waals surface area contributed by atoms with E-state index in [1.807, 2.05) is 0 Å². The Morgan fingerprint density at radius 3 is 2.84 bits per heavy atom. The first kappa shape index (κ1) is 14.3. The van der Waals surface area contributed by atoms with Crippen LogP contribution in [-0.2, 0) is 12.8 Å². The van der Waals surface area contributed by atoms with E-state index in [0.717, 1.165) is 38.0 Å². The number of aliphatic hydroxyl groups is 1. The number of nitrogens with one attached hydrogen (secondary N) is 1. The normalized spacial score (nSPS) is 15.1. The Morgan fingerprint density at radius 1 is 1.26 bits per heavy atom. The van der Waals surface area contributed by atoms with Gasteiger partial charge >= 0.3 is 0 Å². The lowest BCUT2D eigenvalue weighted by Crippen LogP contribution is -2.25. The Balaban J connectivity index is 1.99. The van der Waals surface area contributed by atoms with Crippen LogP contribution >= 0.6 is 0 Å². The molecule has 0 aromatic carbocycles. The van der Waals surface area contributed by atoms with Crippen LogP contribution in [-0.4, -0.2) is 28.2 Å². The van der Waals surface area contributed by atoms with Crippen LogP contribution in [0.15, 0.2) is 6.33 Å². The number of hydrogen-bond acceptors (Lipinski definition) is 4. The zero-order valence-electron chi connectivity index (χ0n) is 12.1. The number of nitrogens with zero attached hydrogens (tertiary/aromatic N) is 2. The second-order valence-corrected chi connectivity index (χ2v) is 6.20. The molecular weight excluding hydrogens is 238 g/mol. The van der Waals surface area contributed by atoms with Gasteiger partial charge in [0.05, 0.1) is 0 Å². The van der Waals surface area contributed by atoms with Crippen molar-refractivity contribution in [3.63, 3.8) is 0 Å². The van der Waals surface area contributed by atoms with Crippen molar-refractivity contribution >= 4 is 5.82 Å². The van der Waals surface area contributed by atoms with Gasteiger partial charge in [0.2, 0.25) is 0 Å². The summed E-state index contributed by atoms with van der Waals surface area (Å²) in [7, 11) is 0. The van der Waals surface area contributed by atoms with Crippen molar-refractivity contribution in [3.05, 3.63) is 17.6 Å². The average molecular weight is 263 g/mol. The first-order chi connectivity index (χ1) is 9.12. The van der Waals surface area contributed by atoms with Gasteiger partial charge in [-0.1, -0.05) is 13.8 Å². The maximum atomic E-state index is 8.93. The van der Waals surface area contributed by atoms with Crippen molar-refractivity contribution < 1.29 is 5.11 Å². The molecule has 1 aliphatic rings. The van der Waals surface area contributed by atoms with Crippen molar-refractivity contribution in [2.45, 2.75) is 52.4 Å². The highest BCUT2D eigenvalue weighted by atomic mass is 16.2. The molecule has 0 atom stereocenters. The van der Waals surface area contributed by atoms with Gasteiger partial charge in [-0.3, -0.25) is 0 Å². The van der Waals surface area contributed by atoms with Gasteiger partial charge in [-0.2, -0.15) is 0 Å². The summed E-state index contributed by atoms with van der Waals surface area (Å²) in [5.41, 5.74) is 2.71. The van der Waals surface area contributed by atoms with Crippen LogP contribution in [0.5, 0.6) is 0 Å². The van der Waals surface area contributed by atoms with Crippen molar-refractivity contribution in [1.82, 2.24) is 9.97 Å². The molecule has 0 unspecified atom stereocenters. The fourth-order valence-electron chi connectivity index (χ4n) is 2.64. The van der Waals surface area contributed by atoms with Gasteiger partial charge in [-0.05, 0) is 43.9 Å². The van der Waals surface area contributed by atoms with Crippen molar-refractivity contribution in [2.75, 3.05) is 18.5 Å². The number of aliphatic hydroxyl groups excluding tert-OH is 1. The summed E-state index contributed by atoms with van der Waals surface area (Å²) in [6, 6.07) is 0. The molecular formula is C15H25N3O. The van der Waals surface area contributed by atoms with Crippen molar-refractivity contribution in [1.29, 1.82) is 0 Å². The average Bonchev–Trinajstić information content (AvgIpc) is 2.43. The third-order valence-electron chi connectivity index (χ3n) is 3.87. The second-order valence-electron chi connectivity index (χ2n) is 6.20. The van der Waals surface area contributed by atoms with Crippen LogP contribution in [0.4, 0.5) is 5.82 Å². The molecule has 1 aliphatic carbocycles. The molecule has 2 rings (SSSR count). The number of aromatic nitrogens is 2. The van der Waals surface area contributed by atoms with E-state index in [2.05, 4.69) is 29.1 Å². The van der Waals surface area contributed by atoms with E-state index in [4.69, 9.17) is 5.11 Å². The maximum Gasteiger partial charge on any atom is 0.132 e. The molecule has 0 aliphatic heterocycles. The van der Waals surface area contributed by atoms with Crippen molar-refractivity contribution in [3.8, 4) is 0 Å². The minimum atomic E-state index is 0.176. The molecule has 0 spiro atoms. The van der Waals surface area contributed by atoms with Crippen LogP contribution in [0.3, 0.4) is 0 Å². The monoisotopic (exact) mass is 263 g/mol. The number of aryl methyl sites for hydroxylation is 1. The van der Waals surface area contributed by atoms with Gasteiger partial charge in [0.1, 0.15) is 12.1 Å². The van der Waals surface area contributed by atoms with Gasteiger partial charge < -0.3 is 10.4 Å². The molecule has 0 amide bonds. The van der Waals surface area contributed by atoms with Crippen LogP contribution in [0.1, 0.15) is 50.8 Å². The molecule has 4 heteroatoms. The number of anilines is 1. The van der Waals surface area contributed by atoms with Gasteiger partial charge in [0, 0.05) is 24.4 Å². The lowest BCUT2D eigenvalue weighted by molar-refractivity contribution is 0.248. The van der Waals surface area contributed by atoms with Crippen LogP contribution in [0.2, 0.25) is 0 Å². The molecule has 1 heterocycles. The summed E-state index contributed by atoms with van der Waals surface area (Å²) in [5.74, 6) is 1.02. The Bertz CT molecular complexity index is 418. The van der Waals surface area contributed by atoms with Crippen LogP contribution in [0.25, 0.3) is 0 Å². The Morgan fingerprint density at radius 2 is 2.05 bits per heavy atom. The highest BCUT2D eigenvalue weighted by molar-refractivity contribution is 5.47. The van der Waals surface area contributed by atoms with E-state index in [1.54, 1.807) is 6.33 Å². The summed E-state index contributed by atoms with van der Waals surface area (Å²) < 4.78 is 0. The van der Waals surface area contributed by atoms with E-state index in [-0.39, 0.29) is 12.0 Å². The van der Waals surface area contributed by atoms with Gasteiger partial charge in [-0.25, -0.2) is 9.97 Å². The first-order valence-corrected chi connectivity index (χ1v) is 7.30. The third-order valence-corrected chi connectivity index (χ3v) is 3.87. The zero-order chi connectivity index (χ0) is 13.7. The van der Waals surface area contributed by atoms with Gasteiger partial charge in [0.15, 0.2) is 0 Å². The van der Waals surface area contributed by atoms with Gasteiger partial charge in [0.25, 0.3) is 0 Å². The minimum Gasteiger partial charge on any atom is -0.396 e. The summed E-state index contributed by atoms with van der Waals surface area (Å²) in [6.45, 7) is 5.61. The van der Waals surface area contributed by atoms with Crippen LogP contribution in [0, 0.1) is 5.41 Å². The summed E-state index contributed by atoms with van der Waals surface area (Å²) in [6.07, 6.45) is 8.21. The van der Waals surface area contributed by atoms with Crippen LogP contribution < -0.4 is 5.32 Å². The maximum absolute atomic E-state index is 8.93. The summed E-state index contributed by atoms with van der Waals surface area (Å²) >= 11 is 0. The predicted octanol–water partition coefficient (Wildman–Crippen LogP) is 2.57. The second kappa shape index (κ2) is 6.33. The van der Waals surface area contributed by atoms with E-state index >= 15 is 0 Å². The Hall–Kier alpha value is -1.16. The zero-order valence-corrected chi connectivity index (χ0v) is 12.1. The molecule has 1 aromatic heterocycles. The molecule has 0 saturated heterocycles. The van der Waals surface area contributed by atoms with E-state index in [0.29, 0.717) is 0 Å². The fraction of sp³-hybridized carbons (Fsp3) is 0.733. The standard InChI is InChI=1S/C15H25N3O/c1-15(2,8-5-9-19)10-16-14-12-6-3-4-7-13(12)17-11-18-14/h11,19H,3-10H2,1-2H3,(H,16,17,18). The molecule has 2 N–H and O–H groups in total.